The molecule has 0 radical (unpaired) electrons. The van der Waals surface area contributed by atoms with Crippen molar-refractivity contribution in [3.05, 3.63) is 53.9 Å². The topological polar surface area (TPSA) is 159 Å². The van der Waals surface area contributed by atoms with E-state index in [4.69, 9.17) is 4.74 Å². The molecule has 11 nitrogen and oxygen atoms in total. The number of carboxylic acids is 2. The van der Waals surface area contributed by atoms with Gasteiger partial charge in [-0.05, 0) is 174 Å². The fourth-order valence-electron chi connectivity index (χ4n) is 14.9. The number of nitrogens with zero attached hydrogens (tertiary/aromatic N) is 3. The molecule has 0 bridgehead atoms. The molecule has 10 atom stereocenters. The van der Waals surface area contributed by atoms with Gasteiger partial charge in [0.2, 0.25) is 0 Å². The van der Waals surface area contributed by atoms with Crippen LogP contribution in [0.4, 0.5) is 17.3 Å². The van der Waals surface area contributed by atoms with Crippen molar-refractivity contribution in [3.8, 4) is 0 Å². The van der Waals surface area contributed by atoms with E-state index in [1.54, 1.807) is 32.3 Å². The number of allylic oxidation sites excluding steroid dienone is 1. The van der Waals surface area contributed by atoms with Gasteiger partial charge in [0, 0.05) is 23.9 Å². The summed E-state index contributed by atoms with van der Waals surface area (Å²) in [5.41, 5.74) is 1.94. The highest BCUT2D eigenvalue weighted by atomic mass is 16.5. The largest absolute Gasteiger partial charge is 0.481 e. The van der Waals surface area contributed by atoms with Crippen molar-refractivity contribution in [2.45, 2.75) is 158 Å². The van der Waals surface area contributed by atoms with Crippen LogP contribution >= 0.6 is 0 Å². The molecule has 11 heteroatoms. The molecule has 0 aromatic carbocycles. The van der Waals surface area contributed by atoms with Crippen molar-refractivity contribution in [3.63, 3.8) is 0 Å². The zero-order valence-electron chi connectivity index (χ0n) is 38.6. The van der Waals surface area contributed by atoms with Crippen molar-refractivity contribution in [1.82, 2.24) is 9.97 Å². The monoisotopic (exact) mass is 851 g/mol. The third kappa shape index (κ3) is 6.71. The molecule has 7 aliphatic rings. The smallest absolute Gasteiger partial charge is 0.309 e. The van der Waals surface area contributed by atoms with Crippen molar-refractivity contribution in [1.29, 1.82) is 0 Å². The lowest BCUT2D eigenvalue weighted by atomic mass is 9.32. The van der Waals surface area contributed by atoms with E-state index in [0.29, 0.717) is 41.1 Å². The molecule has 62 heavy (non-hydrogen) atoms. The van der Waals surface area contributed by atoms with Gasteiger partial charge in [-0.3, -0.25) is 19.2 Å². The summed E-state index contributed by atoms with van der Waals surface area (Å²) < 4.78 is 6.10. The number of hydrogen-bond donors (Lipinski definition) is 3. The number of esters is 1. The van der Waals surface area contributed by atoms with Crippen LogP contribution < -0.4 is 10.2 Å². The minimum atomic E-state index is -1.15. The second-order valence-electron chi connectivity index (χ2n) is 22.6. The van der Waals surface area contributed by atoms with Crippen molar-refractivity contribution in [2.24, 2.45) is 62.1 Å². The lowest BCUT2D eigenvalue weighted by Gasteiger charge is -2.72. The molecule has 3 N–H and O–H groups in total. The Kier molecular flexibility index (Phi) is 10.9. The van der Waals surface area contributed by atoms with Gasteiger partial charge in [0.25, 0.3) is 5.91 Å². The Labute approximate surface area is 368 Å². The number of fused-ring (bicyclic) bond motifs is 9. The molecule has 9 rings (SSSR count). The Morgan fingerprint density at radius 1 is 0.871 bits per heavy atom. The first kappa shape index (κ1) is 44.3. The number of hydrogen-bond acceptors (Lipinski definition) is 8. The maximum absolute atomic E-state index is 12.9. The van der Waals surface area contributed by atoms with E-state index >= 15 is 0 Å². The molecule has 1 amide bonds. The summed E-state index contributed by atoms with van der Waals surface area (Å²) in [5.74, 6) is 1.23. The van der Waals surface area contributed by atoms with E-state index in [1.807, 2.05) is 19.1 Å². The van der Waals surface area contributed by atoms with Crippen molar-refractivity contribution >= 4 is 41.1 Å². The highest BCUT2D eigenvalue weighted by Crippen LogP contribution is 2.77. The number of carbonyl (C=O) groups excluding carboxylic acids is 2. The fourth-order valence-corrected chi connectivity index (χ4v) is 14.9. The molecular formula is C51H70N4O7. The number of aromatic nitrogens is 2. The van der Waals surface area contributed by atoms with E-state index in [2.05, 4.69) is 68.3 Å². The minimum absolute atomic E-state index is 0.0847. The first-order chi connectivity index (χ1) is 29.0. The van der Waals surface area contributed by atoms with Gasteiger partial charge in [-0.2, -0.15) is 0 Å². The molecule has 0 saturated heterocycles. The maximum Gasteiger partial charge on any atom is 0.309 e. The van der Waals surface area contributed by atoms with Gasteiger partial charge in [-0.25, -0.2) is 9.97 Å². The van der Waals surface area contributed by atoms with Gasteiger partial charge in [-0.1, -0.05) is 46.8 Å². The first-order valence-corrected chi connectivity index (χ1v) is 23.4. The Morgan fingerprint density at radius 3 is 2.24 bits per heavy atom. The van der Waals surface area contributed by atoms with Crippen LogP contribution in [0, 0.1) is 69.0 Å². The summed E-state index contributed by atoms with van der Waals surface area (Å²) in [5, 5.41) is 23.1. The van der Waals surface area contributed by atoms with Gasteiger partial charge in [0.15, 0.2) is 5.82 Å². The standard InChI is InChI=1S/C36H56O6.C15H14N4O/c1-21(2)22-12-17-36(30(40)41)19-18-34(8)23(28(22)36)10-11-25-33(7)15-14-26(42-27(37)20-31(3,4)29(38)39)32(5,6)24(33)13-16-35(25,34)9;1-9-6-8-17-14-12(9)18-15(20)11-3-2-7-16-13(11)19(14)10-4-5-10/h22-26,28H,1,10-20H2,2-9H3,(H,38,39)(H,40,41);2-3,6-8,10H,4-5H2,1H3,(H,18,20)/t22-,23+,24-,25+,26-,28+,33-,34+,35+,36-;/m0./s1. The summed E-state index contributed by atoms with van der Waals surface area (Å²) in [4.78, 5) is 60.9. The highest BCUT2D eigenvalue weighted by molar-refractivity contribution is 6.12. The summed E-state index contributed by atoms with van der Waals surface area (Å²) in [7, 11) is 0. The lowest BCUT2D eigenvalue weighted by molar-refractivity contribution is -0.250. The van der Waals surface area contributed by atoms with Gasteiger partial charge in [-0.15, -0.1) is 0 Å². The van der Waals surface area contributed by atoms with Gasteiger partial charge < -0.3 is 25.2 Å². The number of carboxylic acid groups (broad SMARTS) is 2. The summed E-state index contributed by atoms with van der Waals surface area (Å²) >= 11 is 0. The van der Waals surface area contributed by atoms with Crippen LogP contribution in [0.2, 0.25) is 0 Å². The SMILES string of the molecule is C=C(C)[C@@H]1CC[C@]2(C(=O)O)CC[C@]3(C)[C@H](CC[C@@H]4[C@@]5(C)CC[C@H](OC(=O)CC(C)(C)C(=O)O)C(C)(C)[C@@H]5CC[C@]43C)[C@@H]12.Cc1ccnc2c1NC(=O)c1cccnc1N2C1CC1. The predicted molar refractivity (Wildman–Crippen MR) is 239 cm³/mol. The zero-order chi connectivity index (χ0) is 44.9. The van der Waals surface area contributed by atoms with Crippen LogP contribution in [0.25, 0.3) is 0 Å². The molecule has 6 fully saturated rings. The maximum atomic E-state index is 12.9. The van der Waals surface area contributed by atoms with Crippen LogP contribution in [0.5, 0.6) is 0 Å². The normalized spacial score (nSPS) is 36.6. The zero-order valence-corrected chi connectivity index (χ0v) is 38.6. The van der Waals surface area contributed by atoms with Crippen molar-refractivity contribution < 1.29 is 34.1 Å². The van der Waals surface area contributed by atoms with E-state index in [1.165, 1.54) is 0 Å². The van der Waals surface area contributed by atoms with Crippen LogP contribution in [0.3, 0.4) is 0 Å². The molecule has 6 saturated carbocycles. The first-order valence-electron chi connectivity index (χ1n) is 23.4. The number of ether oxygens (including phenoxy) is 1. The molecule has 0 unspecified atom stereocenters. The molecule has 2 aromatic rings. The third-order valence-electron chi connectivity index (χ3n) is 18.6. The van der Waals surface area contributed by atoms with E-state index < -0.39 is 28.7 Å². The summed E-state index contributed by atoms with van der Waals surface area (Å²) in [6.07, 6.45) is 15.1. The molecule has 3 heterocycles. The van der Waals surface area contributed by atoms with Gasteiger partial charge >= 0.3 is 17.9 Å². The number of pyridine rings is 2. The minimum Gasteiger partial charge on any atom is -0.481 e. The second kappa shape index (κ2) is 15.2. The van der Waals surface area contributed by atoms with E-state index in [0.717, 1.165) is 99.7 Å². The Morgan fingerprint density at radius 2 is 1.58 bits per heavy atom. The van der Waals surface area contributed by atoms with E-state index in [9.17, 15) is 29.4 Å². The van der Waals surface area contributed by atoms with Gasteiger partial charge in [0.1, 0.15) is 11.9 Å². The molecule has 6 aliphatic carbocycles. The molecular weight excluding hydrogens is 781 g/mol. The highest BCUT2D eigenvalue weighted by Gasteiger charge is 2.72. The summed E-state index contributed by atoms with van der Waals surface area (Å²) in [6, 6.07) is 5.91. The van der Waals surface area contributed by atoms with Crippen molar-refractivity contribution in [2.75, 3.05) is 10.2 Å². The number of nitrogens with one attached hydrogen (secondary N) is 1. The third-order valence-corrected chi connectivity index (χ3v) is 18.6. The number of amides is 1. The molecule has 1 aliphatic heterocycles. The Hall–Kier alpha value is -4.28. The number of rotatable bonds is 7. The molecule has 336 valence electrons. The Balaban J connectivity index is 0.000000218. The average Bonchev–Trinajstić information content (AvgIpc) is 3.96. The van der Waals surface area contributed by atoms with Crippen LogP contribution in [0.1, 0.15) is 155 Å². The number of aryl methyl sites for hydroxylation is 1. The Bertz CT molecular complexity index is 2180. The van der Waals surface area contributed by atoms with Crippen LogP contribution in [-0.2, 0) is 19.1 Å². The average molecular weight is 851 g/mol. The number of aliphatic carboxylic acids is 2. The summed E-state index contributed by atoms with van der Waals surface area (Å²) in [6.45, 7) is 23.7. The predicted octanol–water partition coefficient (Wildman–Crippen LogP) is 10.8. The molecule has 0 spiro atoms. The molecule has 2 aromatic heterocycles. The van der Waals surface area contributed by atoms with E-state index in [-0.39, 0.29) is 46.0 Å². The van der Waals surface area contributed by atoms with Crippen LogP contribution in [-0.4, -0.2) is 56.1 Å². The quantitative estimate of drug-likeness (QED) is 0.181. The van der Waals surface area contributed by atoms with Gasteiger partial charge in [0.05, 0.1) is 28.5 Å². The lowest BCUT2D eigenvalue weighted by Crippen LogP contribution is -2.67. The second-order valence-corrected chi connectivity index (χ2v) is 22.6. The number of carbonyl (C=O) groups is 4. The number of anilines is 3. The van der Waals surface area contributed by atoms with Crippen LogP contribution in [0.15, 0.2) is 42.7 Å². The fraction of sp³-hybridized carbons (Fsp3) is 0.686.